The Bertz CT molecular complexity index is 1220. The van der Waals surface area contributed by atoms with E-state index in [0.29, 0.717) is 29.5 Å². The second-order valence-electron chi connectivity index (χ2n) is 7.60. The van der Waals surface area contributed by atoms with Gasteiger partial charge in [0.2, 0.25) is 5.89 Å². The molecule has 1 aromatic heterocycles. The Hall–Kier alpha value is -3.93. The minimum Gasteiger partial charge on any atom is -0.480 e. The monoisotopic (exact) mass is 427 g/mol. The molecule has 6 heteroatoms. The lowest BCUT2D eigenvalue weighted by molar-refractivity contribution is -0.122. The first-order valence-corrected chi connectivity index (χ1v) is 10.6. The van der Waals surface area contributed by atoms with Crippen LogP contribution in [0.1, 0.15) is 24.5 Å². The molecule has 4 rings (SSSR count). The third-order valence-electron chi connectivity index (χ3n) is 5.15. The lowest BCUT2D eigenvalue weighted by atomic mass is 10.1. The topological polar surface area (TPSA) is 77.2 Å². The van der Waals surface area contributed by atoms with E-state index in [4.69, 9.17) is 9.15 Å². The molecule has 0 aliphatic rings. The highest BCUT2D eigenvalue weighted by molar-refractivity contribution is 5.95. The van der Waals surface area contributed by atoms with E-state index in [-0.39, 0.29) is 5.91 Å². The summed E-state index contributed by atoms with van der Waals surface area (Å²) in [6, 6.07) is 22.9. The number of nitrogens with zero attached hydrogens (tertiary/aromatic N) is 2. The fourth-order valence-corrected chi connectivity index (χ4v) is 3.33. The van der Waals surface area contributed by atoms with E-state index in [0.717, 1.165) is 22.4 Å². The van der Waals surface area contributed by atoms with Crippen LogP contribution in [0, 0.1) is 13.8 Å². The average Bonchev–Trinajstić information content (AvgIpc) is 3.31. The van der Waals surface area contributed by atoms with Gasteiger partial charge in [0.25, 0.3) is 11.8 Å². The number of carbonyl (C=O) groups excluding carboxylic acids is 1. The number of hydrogen-bond donors (Lipinski definition) is 1. The maximum absolute atomic E-state index is 13.0. The fourth-order valence-electron chi connectivity index (χ4n) is 3.33. The van der Waals surface area contributed by atoms with Gasteiger partial charge in [0, 0.05) is 11.3 Å². The fraction of sp³-hybridized carbons (Fsp3) is 0.192. The van der Waals surface area contributed by atoms with Gasteiger partial charge in [0.05, 0.1) is 5.56 Å². The molecule has 0 radical (unpaired) electrons. The van der Waals surface area contributed by atoms with Crippen molar-refractivity contribution in [3.8, 4) is 28.7 Å². The van der Waals surface area contributed by atoms with Crippen molar-refractivity contribution < 1.29 is 13.9 Å². The number of anilines is 1. The summed E-state index contributed by atoms with van der Waals surface area (Å²) in [4.78, 5) is 13.0. The van der Waals surface area contributed by atoms with Crippen LogP contribution in [-0.2, 0) is 4.79 Å². The first-order valence-electron chi connectivity index (χ1n) is 10.6. The summed E-state index contributed by atoms with van der Waals surface area (Å²) in [5, 5.41) is 11.3. The number of carbonyl (C=O) groups is 1. The van der Waals surface area contributed by atoms with Crippen LogP contribution in [0.4, 0.5) is 5.69 Å². The van der Waals surface area contributed by atoms with E-state index < -0.39 is 6.10 Å². The van der Waals surface area contributed by atoms with Gasteiger partial charge < -0.3 is 14.5 Å². The molecule has 4 aromatic rings. The third-order valence-corrected chi connectivity index (χ3v) is 5.15. The van der Waals surface area contributed by atoms with Crippen LogP contribution in [0.2, 0.25) is 0 Å². The van der Waals surface area contributed by atoms with Crippen LogP contribution in [-0.4, -0.2) is 22.2 Å². The smallest absolute Gasteiger partial charge is 0.265 e. The molecule has 0 saturated heterocycles. The van der Waals surface area contributed by atoms with Crippen molar-refractivity contribution >= 4 is 11.6 Å². The zero-order valence-corrected chi connectivity index (χ0v) is 18.3. The standard InChI is InChI=1S/C26H25N3O3/c1-4-22(24(30)27-21-16-17(2)14-15-18(21)3)31-23-13-9-8-12-20(23)26-29-28-25(32-26)19-10-6-5-7-11-19/h5-16,22H,4H2,1-3H3,(H,27,30). The molecule has 32 heavy (non-hydrogen) atoms. The molecule has 0 aliphatic carbocycles. The highest BCUT2D eigenvalue weighted by Crippen LogP contribution is 2.32. The number of ether oxygens (including phenoxy) is 1. The molecular weight excluding hydrogens is 402 g/mol. The maximum Gasteiger partial charge on any atom is 0.265 e. The molecule has 0 fully saturated rings. The summed E-state index contributed by atoms with van der Waals surface area (Å²) in [7, 11) is 0. The third kappa shape index (κ3) is 4.70. The van der Waals surface area contributed by atoms with Crippen LogP contribution in [0.25, 0.3) is 22.9 Å². The van der Waals surface area contributed by atoms with Crippen molar-refractivity contribution in [1.82, 2.24) is 10.2 Å². The number of para-hydroxylation sites is 1. The number of nitrogens with one attached hydrogen (secondary N) is 1. The van der Waals surface area contributed by atoms with Crippen molar-refractivity contribution in [2.24, 2.45) is 0 Å². The number of aromatic nitrogens is 2. The minimum atomic E-state index is -0.674. The zero-order chi connectivity index (χ0) is 22.5. The van der Waals surface area contributed by atoms with Gasteiger partial charge >= 0.3 is 0 Å². The SMILES string of the molecule is CCC(Oc1ccccc1-c1nnc(-c2ccccc2)o1)C(=O)Nc1cc(C)ccc1C. The molecule has 162 valence electrons. The lowest BCUT2D eigenvalue weighted by Crippen LogP contribution is -2.32. The summed E-state index contributed by atoms with van der Waals surface area (Å²) in [6.07, 6.45) is -0.169. The van der Waals surface area contributed by atoms with Crippen molar-refractivity contribution in [2.45, 2.75) is 33.3 Å². The van der Waals surface area contributed by atoms with Crippen molar-refractivity contribution in [3.63, 3.8) is 0 Å². The number of aryl methyl sites for hydroxylation is 2. The first-order chi connectivity index (χ1) is 15.5. The van der Waals surface area contributed by atoms with Crippen molar-refractivity contribution in [2.75, 3.05) is 5.32 Å². The summed E-state index contributed by atoms with van der Waals surface area (Å²) < 4.78 is 12.0. The molecule has 1 N–H and O–H groups in total. The van der Waals surface area contributed by atoms with E-state index in [2.05, 4.69) is 15.5 Å². The number of hydrogen-bond acceptors (Lipinski definition) is 5. The second-order valence-corrected chi connectivity index (χ2v) is 7.60. The Morgan fingerprint density at radius 1 is 0.969 bits per heavy atom. The van der Waals surface area contributed by atoms with Gasteiger partial charge in [-0.1, -0.05) is 49.4 Å². The van der Waals surface area contributed by atoms with Crippen LogP contribution < -0.4 is 10.1 Å². The van der Waals surface area contributed by atoms with Gasteiger partial charge in [-0.25, -0.2) is 0 Å². The van der Waals surface area contributed by atoms with Gasteiger partial charge in [0.15, 0.2) is 6.10 Å². The molecule has 6 nitrogen and oxygen atoms in total. The summed E-state index contributed by atoms with van der Waals surface area (Å²) in [5.74, 6) is 1.07. The lowest BCUT2D eigenvalue weighted by Gasteiger charge is -2.19. The summed E-state index contributed by atoms with van der Waals surface area (Å²) in [6.45, 7) is 5.87. The Labute approximate surface area is 187 Å². The van der Waals surface area contributed by atoms with E-state index in [1.54, 1.807) is 6.07 Å². The van der Waals surface area contributed by atoms with E-state index in [1.165, 1.54) is 0 Å². The van der Waals surface area contributed by atoms with Crippen LogP contribution in [0.3, 0.4) is 0 Å². The van der Waals surface area contributed by atoms with Gasteiger partial charge in [0.1, 0.15) is 5.75 Å². The summed E-state index contributed by atoms with van der Waals surface area (Å²) in [5.41, 5.74) is 4.34. The molecule has 0 bridgehead atoms. The Kier molecular flexibility index (Phi) is 6.31. The van der Waals surface area contributed by atoms with E-state index in [9.17, 15) is 4.79 Å². The highest BCUT2D eigenvalue weighted by Gasteiger charge is 2.22. The molecule has 0 spiro atoms. The van der Waals surface area contributed by atoms with Crippen molar-refractivity contribution in [1.29, 1.82) is 0 Å². The van der Waals surface area contributed by atoms with Crippen molar-refractivity contribution in [3.05, 3.63) is 83.9 Å². The first kappa shape index (κ1) is 21.3. The molecule has 1 atom stereocenters. The number of amides is 1. The van der Waals surface area contributed by atoms with Crippen LogP contribution in [0.5, 0.6) is 5.75 Å². The molecule has 3 aromatic carbocycles. The highest BCUT2D eigenvalue weighted by atomic mass is 16.5. The predicted octanol–water partition coefficient (Wildman–Crippen LogP) is 5.82. The molecule has 0 aliphatic heterocycles. The van der Waals surface area contributed by atoms with Crippen LogP contribution in [0.15, 0.2) is 77.2 Å². The average molecular weight is 428 g/mol. The zero-order valence-electron chi connectivity index (χ0n) is 18.3. The van der Waals surface area contributed by atoms with Gasteiger partial charge in [-0.2, -0.15) is 0 Å². The Morgan fingerprint density at radius 2 is 1.69 bits per heavy atom. The van der Waals surface area contributed by atoms with E-state index in [1.807, 2.05) is 87.5 Å². The van der Waals surface area contributed by atoms with Gasteiger partial charge in [-0.05, 0) is 61.7 Å². The minimum absolute atomic E-state index is 0.202. The van der Waals surface area contributed by atoms with E-state index >= 15 is 0 Å². The summed E-state index contributed by atoms with van der Waals surface area (Å²) >= 11 is 0. The second kappa shape index (κ2) is 9.47. The molecule has 1 unspecified atom stereocenters. The van der Waals surface area contributed by atoms with Gasteiger partial charge in [-0.15, -0.1) is 10.2 Å². The normalized spacial score (nSPS) is 11.7. The number of benzene rings is 3. The predicted molar refractivity (Wildman–Crippen MR) is 124 cm³/mol. The quantitative estimate of drug-likeness (QED) is 0.402. The Balaban J connectivity index is 1.56. The molecule has 1 amide bonds. The number of rotatable bonds is 7. The van der Waals surface area contributed by atoms with Gasteiger partial charge in [-0.3, -0.25) is 4.79 Å². The maximum atomic E-state index is 13.0. The molecule has 1 heterocycles. The Morgan fingerprint density at radius 3 is 2.47 bits per heavy atom. The van der Waals surface area contributed by atoms with Crippen LogP contribution >= 0.6 is 0 Å². The molecule has 0 saturated carbocycles. The largest absolute Gasteiger partial charge is 0.480 e. The molecular formula is C26H25N3O3.